The van der Waals surface area contributed by atoms with Gasteiger partial charge in [0.05, 0.1) is 23.1 Å². The summed E-state index contributed by atoms with van der Waals surface area (Å²) in [5.74, 6) is 0.415. The predicted molar refractivity (Wildman–Crippen MR) is 89.5 cm³/mol. The molecule has 0 aromatic carbocycles. The molecule has 128 valence electrons. The highest BCUT2D eigenvalue weighted by Crippen LogP contribution is 2.41. The minimum absolute atomic E-state index is 0.0769. The first kappa shape index (κ1) is 16.5. The number of rotatable bonds is 6. The number of carbonyl (C=O) groups is 1. The average Bonchev–Trinajstić information content (AvgIpc) is 3.32. The van der Waals surface area contributed by atoms with Crippen molar-refractivity contribution in [2.75, 3.05) is 6.54 Å². The molecule has 0 radical (unpaired) electrons. The van der Waals surface area contributed by atoms with Crippen molar-refractivity contribution in [1.29, 1.82) is 0 Å². The summed E-state index contributed by atoms with van der Waals surface area (Å²) < 4.78 is 1.99. The predicted octanol–water partition coefficient (Wildman–Crippen LogP) is 2.99. The van der Waals surface area contributed by atoms with E-state index in [0.717, 1.165) is 57.2 Å². The lowest BCUT2D eigenvalue weighted by molar-refractivity contribution is 0.0246. The molecule has 1 amide bonds. The van der Waals surface area contributed by atoms with Crippen molar-refractivity contribution < 1.29 is 9.90 Å². The normalized spacial score (nSPS) is 21.0. The molecule has 0 atom stereocenters. The van der Waals surface area contributed by atoms with Crippen molar-refractivity contribution in [3.63, 3.8) is 0 Å². The Morgan fingerprint density at radius 1 is 1.35 bits per heavy atom. The molecular weight excluding hydrogens is 290 g/mol. The zero-order valence-corrected chi connectivity index (χ0v) is 14.2. The molecule has 2 fully saturated rings. The molecule has 0 spiro atoms. The maximum Gasteiger partial charge on any atom is 0.254 e. The van der Waals surface area contributed by atoms with Gasteiger partial charge in [-0.25, -0.2) is 0 Å². The summed E-state index contributed by atoms with van der Waals surface area (Å²) in [6.07, 6.45) is 11.1. The van der Waals surface area contributed by atoms with E-state index < -0.39 is 5.60 Å². The van der Waals surface area contributed by atoms with E-state index in [0.29, 0.717) is 18.0 Å². The molecule has 5 nitrogen and oxygen atoms in total. The summed E-state index contributed by atoms with van der Waals surface area (Å²) in [7, 11) is 0. The summed E-state index contributed by atoms with van der Waals surface area (Å²) in [6, 6.07) is 0. The van der Waals surface area contributed by atoms with Gasteiger partial charge in [0.2, 0.25) is 0 Å². The molecule has 2 saturated carbocycles. The van der Waals surface area contributed by atoms with Crippen LogP contribution in [-0.4, -0.2) is 32.9 Å². The maximum absolute atomic E-state index is 12.6. The molecule has 0 aliphatic heterocycles. The van der Waals surface area contributed by atoms with Crippen molar-refractivity contribution >= 4 is 5.91 Å². The van der Waals surface area contributed by atoms with Crippen LogP contribution in [0.4, 0.5) is 0 Å². The number of nitrogens with one attached hydrogen (secondary N) is 1. The van der Waals surface area contributed by atoms with Gasteiger partial charge < -0.3 is 10.4 Å². The summed E-state index contributed by atoms with van der Waals surface area (Å²) in [5, 5.41) is 18.1. The minimum Gasteiger partial charge on any atom is -0.388 e. The topological polar surface area (TPSA) is 67.2 Å². The van der Waals surface area contributed by atoms with E-state index in [1.54, 1.807) is 6.20 Å². The van der Waals surface area contributed by atoms with Crippen molar-refractivity contribution in [1.82, 2.24) is 15.1 Å². The second-order valence-electron chi connectivity index (χ2n) is 7.26. The van der Waals surface area contributed by atoms with Crippen molar-refractivity contribution in [3.05, 3.63) is 17.5 Å². The first-order valence-electron chi connectivity index (χ1n) is 9.19. The van der Waals surface area contributed by atoms with E-state index in [4.69, 9.17) is 0 Å². The Bertz CT molecular complexity index is 540. The summed E-state index contributed by atoms with van der Waals surface area (Å²) in [5.41, 5.74) is 1.07. The Morgan fingerprint density at radius 3 is 2.65 bits per heavy atom. The Labute approximate surface area is 138 Å². The molecule has 0 bridgehead atoms. The Kier molecular flexibility index (Phi) is 5.05. The van der Waals surface area contributed by atoms with Crippen LogP contribution in [-0.2, 0) is 6.54 Å². The molecule has 23 heavy (non-hydrogen) atoms. The van der Waals surface area contributed by atoms with Crippen LogP contribution in [0.25, 0.3) is 0 Å². The SMILES string of the molecule is CCCn1ncc(C(=O)NCC2(O)CCCCCC2)c1C1CC1. The van der Waals surface area contributed by atoms with E-state index in [9.17, 15) is 9.90 Å². The van der Waals surface area contributed by atoms with Crippen LogP contribution >= 0.6 is 0 Å². The van der Waals surface area contributed by atoms with Gasteiger partial charge in [0, 0.05) is 19.0 Å². The molecule has 2 aliphatic rings. The quantitative estimate of drug-likeness (QED) is 0.792. The molecule has 3 rings (SSSR count). The number of nitrogens with zero attached hydrogens (tertiary/aromatic N) is 2. The number of carbonyl (C=O) groups excluding carboxylic acids is 1. The van der Waals surface area contributed by atoms with Crippen molar-refractivity contribution in [2.24, 2.45) is 0 Å². The van der Waals surface area contributed by atoms with E-state index in [2.05, 4.69) is 17.3 Å². The van der Waals surface area contributed by atoms with Crippen LogP contribution in [0, 0.1) is 0 Å². The van der Waals surface area contributed by atoms with Gasteiger partial charge in [0.1, 0.15) is 0 Å². The largest absolute Gasteiger partial charge is 0.388 e. The molecule has 0 unspecified atom stereocenters. The molecule has 5 heteroatoms. The maximum atomic E-state index is 12.6. The van der Waals surface area contributed by atoms with Gasteiger partial charge in [-0.15, -0.1) is 0 Å². The molecule has 1 aromatic rings. The summed E-state index contributed by atoms with van der Waals surface area (Å²) >= 11 is 0. The van der Waals surface area contributed by atoms with Crippen LogP contribution in [0.3, 0.4) is 0 Å². The standard InChI is InChI=1S/C18H29N3O2/c1-2-11-21-16(14-7-8-14)15(12-20-21)17(22)19-13-18(23)9-5-3-4-6-10-18/h12,14,23H,2-11,13H2,1H3,(H,19,22). The zero-order chi connectivity index (χ0) is 16.3. The van der Waals surface area contributed by atoms with Crippen LogP contribution < -0.4 is 5.32 Å². The van der Waals surface area contributed by atoms with Crippen LogP contribution in [0.5, 0.6) is 0 Å². The van der Waals surface area contributed by atoms with Gasteiger partial charge in [0.15, 0.2) is 0 Å². The van der Waals surface area contributed by atoms with Gasteiger partial charge in [-0.2, -0.15) is 5.10 Å². The fourth-order valence-electron chi connectivity index (χ4n) is 3.65. The summed E-state index contributed by atoms with van der Waals surface area (Å²) in [6.45, 7) is 3.34. The lowest BCUT2D eigenvalue weighted by Crippen LogP contribution is -2.42. The van der Waals surface area contributed by atoms with E-state index in [-0.39, 0.29) is 5.91 Å². The fraction of sp³-hybridized carbons (Fsp3) is 0.778. The number of aryl methyl sites for hydroxylation is 1. The van der Waals surface area contributed by atoms with E-state index in [1.165, 1.54) is 12.8 Å². The van der Waals surface area contributed by atoms with Gasteiger partial charge >= 0.3 is 0 Å². The number of aliphatic hydroxyl groups is 1. The number of amides is 1. The number of hydrogen-bond acceptors (Lipinski definition) is 3. The highest BCUT2D eigenvalue weighted by atomic mass is 16.3. The van der Waals surface area contributed by atoms with Crippen LogP contribution in [0.1, 0.15) is 86.7 Å². The highest BCUT2D eigenvalue weighted by Gasteiger charge is 2.33. The van der Waals surface area contributed by atoms with Gasteiger partial charge in [-0.1, -0.05) is 32.6 Å². The Hall–Kier alpha value is -1.36. The lowest BCUT2D eigenvalue weighted by Gasteiger charge is -2.26. The molecule has 2 N–H and O–H groups in total. The first-order valence-corrected chi connectivity index (χ1v) is 9.19. The minimum atomic E-state index is -0.731. The highest BCUT2D eigenvalue weighted by molar-refractivity contribution is 5.95. The number of aromatic nitrogens is 2. The molecule has 2 aliphatic carbocycles. The van der Waals surface area contributed by atoms with Crippen molar-refractivity contribution in [2.45, 2.75) is 82.8 Å². The molecule has 1 aromatic heterocycles. The zero-order valence-electron chi connectivity index (χ0n) is 14.2. The Morgan fingerprint density at radius 2 is 2.04 bits per heavy atom. The third-order valence-corrected chi connectivity index (χ3v) is 5.14. The average molecular weight is 319 g/mol. The second kappa shape index (κ2) is 7.04. The van der Waals surface area contributed by atoms with Crippen molar-refractivity contribution in [3.8, 4) is 0 Å². The fourth-order valence-corrected chi connectivity index (χ4v) is 3.65. The molecule has 0 saturated heterocycles. The molecular formula is C18H29N3O2. The van der Waals surface area contributed by atoms with Crippen LogP contribution in [0.15, 0.2) is 6.20 Å². The third kappa shape index (κ3) is 3.94. The second-order valence-corrected chi connectivity index (χ2v) is 7.26. The van der Waals surface area contributed by atoms with Crippen LogP contribution in [0.2, 0.25) is 0 Å². The van der Waals surface area contributed by atoms with E-state index in [1.807, 2.05) is 4.68 Å². The smallest absolute Gasteiger partial charge is 0.254 e. The van der Waals surface area contributed by atoms with Gasteiger partial charge in [-0.05, 0) is 32.1 Å². The van der Waals surface area contributed by atoms with Gasteiger partial charge in [0.25, 0.3) is 5.91 Å². The Balaban J connectivity index is 1.66. The number of hydrogen-bond donors (Lipinski definition) is 2. The monoisotopic (exact) mass is 319 g/mol. The lowest BCUT2D eigenvalue weighted by atomic mass is 9.94. The van der Waals surface area contributed by atoms with E-state index >= 15 is 0 Å². The third-order valence-electron chi connectivity index (χ3n) is 5.14. The van der Waals surface area contributed by atoms with Gasteiger partial charge in [-0.3, -0.25) is 9.48 Å². The first-order chi connectivity index (χ1) is 11.1. The summed E-state index contributed by atoms with van der Waals surface area (Å²) in [4.78, 5) is 12.6. The molecule has 1 heterocycles.